The minimum absolute atomic E-state index is 0.369. The van der Waals surface area contributed by atoms with Crippen LogP contribution in [0.25, 0.3) is 10.9 Å². The van der Waals surface area contributed by atoms with Gasteiger partial charge in [-0.25, -0.2) is 0 Å². The molecule has 0 bridgehead atoms. The molecule has 0 amide bonds. The molecule has 1 aromatic carbocycles. The van der Waals surface area contributed by atoms with E-state index in [-0.39, 0.29) is 6.04 Å². The van der Waals surface area contributed by atoms with Crippen molar-refractivity contribution >= 4 is 16.9 Å². The molecule has 1 aromatic heterocycles. The lowest BCUT2D eigenvalue weighted by Gasteiger charge is -2.27. The molecule has 1 N–H and O–H groups in total. The van der Waals surface area contributed by atoms with E-state index in [2.05, 4.69) is 16.0 Å². The second-order valence-electron chi connectivity index (χ2n) is 5.67. The van der Waals surface area contributed by atoms with Crippen LogP contribution in [0.5, 0.6) is 0 Å². The van der Waals surface area contributed by atoms with E-state index in [1.807, 2.05) is 24.3 Å². The lowest BCUT2D eigenvalue weighted by atomic mass is 10.1. The van der Waals surface area contributed by atoms with Gasteiger partial charge in [-0.05, 0) is 31.0 Å². The number of carboxylic acids is 1. The first-order valence-electron chi connectivity index (χ1n) is 7.55. The van der Waals surface area contributed by atoms with Gasteiger partial charge in [0, 0.05) is 18.1 Å². The van der Waals surface area contributed by atoms with Crippen LogP contribution < -0.4 is 0 Å². The Kier molecular flexibility index (Phi) is 4.15. The zero-order chi connectivity index (χ0) is 14.7. The SMILES string of the molecule is O=C(O)C1CCCCCN1Cc1cccc2cccnc12. The van der Waals surface area contributed by atoms with Gasteiger partial charge in [0.2, 0.25) is 0 Å². The molecule has 0 radical (unpaired) electrons. The molecule has 0 aliphatic carbocycles. The van der Waals surface area contributed by atoms with Crippen molar-refractivity contribution in [2.45, 2.75) is 38.3 Å². The van der Waals surface area contributed by atoms with Crippen LogP contribution in [0.1, 0.15) is 31.2 Å². The lowest BCUT2D eigenvalue weighted by Crippen LogP contribution is -2.40. The summed E-state index contributed by atoms with van der Waals surface area (Å²) in [5.74, 6) is -0.704. The van der Waals surface area contributed by atoms with Gasteiger partial charge in [0.15, 0.2) is 0 Å². The Labute approximate surface area is 124 Å². The molecule has 1 atom stereocenters. The zero-order valence-corrected chi connectivity index (χ0v) is 12.0. The van der Waals surface area contributed by atoms with Gasteiger partial charge in [-0.2, -0.15) is 0 Å². The summed E-state index contributed by atoms with van der Waals surface area (Å²) in [5.41, 5.74) is 2.09. The molecular weight excluding hydrogens is 264 g/mol. The van der Waals surface area contributed by atoms with Crippen molar-refractivity contribution < 1.29 is 9.90 Å². The highest BCUT2D eigenvalue weighted by Crippen LogP contribution is 2.23. The Hall–Kier alpha value is -1.94. The van der Waals surface area contributed by atoms with E-state index in [0.29, 0.717) is 6.54 Å². The van der Waals surface area contributed by atoms with E-state index in [0.717, 1.165) is 48.7 Å². The number of benzene rings is 1. The van der Waals surface area contributed by atoms with E-state index in [4.69, 9.17) is 0 Å². The van der Waals surface area contributed by atoms with Crippen LogP contribution in [0.4, 0.5) is 0 Å². The number of hydrogen-bond donors (Lipinski definition) is 1. The van der Waals surface area contributed by atoms with Gasteiger partial charge in [-0.3, -0.25) is 14.7 Å². The number of para-hydroxylation sites is 1. The zero-order valence-electron chi connectivity index (χ0n) is 12.0. The highest BCUT2D eigenvalue weighted by molar-refractivity contribution is 5.81. The molecule has 0 saturated carbocycles. The number of aromatic nitrogens is 1. The van der Waals surface area contributed by atoms with Gasteiger partial charge in [-0.1, -0.05) is 37.1 Å². The molecule has 1 aliphatic heterocycles. The molecule has 3 rings (SSSR count). The van der Waals surface area contributed by atoms with Crippen LogP contribution in [0.2, 0.25) is 0 Å². The first-order valence-corrected chi connectivity index (χ1v) is 7.55. The van der Waals surface area contributed by atoms with E-state index in [9.17, 15) is 9.90 Å². The Balaban J connectivity index is 1.90. The number of carboxylic acid groups (broad SMARTS) is 1. The largest absolute Gasteiger partial charge is 0.480 e. The van der Waals surface area contributed by atoms with Crippen LogP contribution >= 0.6 is 0 Å². The standard InChI is InChI=1S/C17H20N2O2/c20-17(21)15-9-2-1-3-11-19(15)12-14-7-4-6-13-8-5-10-18-16(13)14/h4-8,10,15H,1-3,9,11-12H2,(H,20,21). The predicted molar refractivity (Wildman–Crippen MR) is 82.0 cm³/mol. The monoisotopic (exact) mass is 284 g/mol. The third kappa shape index (κ3) is 3.05. The second-order valence-corrected chi connectivity index (χ2v) is 5.67. The summed E-state index contributed by atoms with van der Waals surface area (Å²) in [6.07, 6.45) is 5.73. The summed E-state index contributed by atoms with van der Waals surface area (Å²) in [6.45, 7) is 1.51. The number of pyridine rings is 1. The van der Waals surface area contributed by atoms with Gasteiger partial charge in [0.1, 0.15) is 6.04 Å². The van der Waals surface area contributed by atoms with Crippen molar-refractivity contribution in [1.29, 1.82) is 0 Å². The molecule has 4 heteroatoms. The minimum atomic E-state index is -0.704. The molecule has 110 valence electrons. The van der Waals surface area contributed by atoms with Crippen LogP contribution in [-0.2, 0) is 11.3 Å². The van der Waals surface area contributed by atoms with Crippen LogP contribution in [0.3, 0.4) is 0 Å². The smallest absolute Gasteiger partial charge is 0.320 e. The van der Waals surface area contributed by atoms with Crippen molar-refractivity contribution in [2.75, 3.05) is 6.54 Å². The maximum Gasteiger partial charge on any atom is 0.320 e. The number of carbonyl (C=O) groups is 1. The van der Waals surface area contributed by atoms with Crippen LogP contribution in [0.15, 0.2) is 36.5 Å². The third-order valence-corrected chi connectivity index (χ3v) is 4.24. The fraction of sp³-hybridized carbons (Fsp3) is 0.412. The summed E-state index contributed by atoms with van der Waals surface area (Å²) in [7, 11) is 0. The maximum absolute atomic E-state index is 11.5. The van der Waals surface area contributed by atoms with Gasteiger partial charge in [0.25, 0.3) is 0 Å². The molecule has 1 aliphatic rings. The average molecular weight is 284 g/mol. The van der Waals surface area contributed by atoms with Gasteiger partial charge in [-0.15, -0.1) is 0 Å². The third-order valence-electron chi connectivity index (χ3n) is 4.24. The minimum Gasteiger partial charge on any atom is -0.480 e. The number of likely N-dealkylation sites (tertiary alicyclic amines) is 1. The highest BCUT2D eigenvalue weighted by atomic mass is 16.4. The molecule has 2 heterocycles. The number of nitrogens with zero attached hydrogens (tertiary/aromatic N) is 2. The van der Waals surface area contributed by atoms with E-state index in [1.54, 1.807) is 6.20 Å². The summed E-state index contributed by atoms with van der Waals surface area (Å²) in [6, 6.07) is 9.72. The van der Waals surface area contributed by atoms with Gasteiger partial charge in [0.05, 0.1) is 5.52 Å². The highest BCUT2D eigenvalue weighted by Gasteiger charge is 2.27. The predicted octanol–water partition coefficient (Wildman–Crippen LogP) is 3.06. The van der Waals surface area contributed by atoms with Crippen LogP contribution in [0, 0.1) is 0 Å². The van der Waals surface area contributed by atoms with Crippen molar-refractivity contribution in [3.8, 4) is 0 Å². The number of rotatable bonds is 3. The summed E-state index contributed by atoms with van der Waals surface area (Å²) < 4.78 is 0. The van der Waals surface area contributed by atoms with Gasteiger partial charge < -0.3 is 5.11 Å². The lowest BCUT2D eigenvalue weighted by molar-refractivity contribution is -0.143. The number of fused-ring (bicyclic) bond motifs is 1. The van der Waals surface area contributed by atoms with E-state index < -0.39 is 5.97 Å². The normalized spacial score (nSPS) is 20.3. The van der Waals surface area contributed by atoms with Gasteiger partial charge >= 0.3 is 5.97 Å². The fourth-order valence-corrected chi connectivity index (χ4v) is 3.15. The molecule has 0 spiro atoms. The Morgan fingerprint density at radius 3 is 2.95 bits per heavy atom. The second kappa shape index (κ2) is 6.22. The molecule has 21 heavy (non-hydrogen) atoms. The molecule has 1 unspecified atom stereocenters. The Morgan fingerprint density at radius 2 is 2.10 bits per heavy atom. The summed E-state index contributed by atoms with van der Waals surface area (Å²) in [4.78, 5) is 18.1. The Morgan fingerprint density at radius 1 is 1.24 bits per heavy atom. The first-order chi connectivity index (χ1) is 10.3. The maximum atomic E-state index is 11.5. The molecule has 2 aromatic rings. The topological polar surface area (TPSA) is 53.4 Å². The van der Waals surface area contributed by atoms with Crippen molar-refractivity contribution in [3.05, 3.63) is 42.1 Å². The summed E-state index contributed by atoms with van der Waals surface area (Å²) in [5, 5.41) is 10.6. The Bertz CT molecular complexity index is 636. The van der Waals surface area contributed by atoms with Crippen molar-refractivity contribution in [2.24, 2.45) is 0 Å². The fourth-order valence-electron chi connectivity index (χ4n) is 3.15. The molecule has 4 nitrogen and oxygen atoms in total. The van der Waals surface area contributed by atoms with Crippen molar-refractivity contribution in [3.63, 3.8) is 0 Å². The molecular formula is C17H20N2O2. The van der Waals surface area contributed by atoms with E-state index >= 15 is 0 Å². The van der Waals surface area contributed by atoms with Crippen molar-refractivity contribution in [1.82, 2.24) is 9.88 Å². The first kappa shape index (κ1) is 14.0. The number of hydrogen-bond acceptors (Lipinski definition) is 3. The van der Waals surface area contributed by atoms with Crippen LogP contribution in [-0.4, -0.2) is 33.5 Å². The average Bonchev–Trinajstić information content (AvgIpc) is 2.73. The summed E-state index contributed by atoms with van der Waals surface area (Å²) >= 11 is 0. The quantitative estimate of drug-likeness (QED) is 0.941. The number of aliphatic carboxylic acids is 1. The van der Waals surface area contributed by atoms with E-state index in [1.165, 1.54) is 0 Å². The molecule has 1 saturated heterocycles. The molecule has 1 fully saturated rings.